The fourth-order valence-corrected chi connectivity index (χ4v) is 1.39. The van der Waals surface area contributed by atoms with Gasteiger partial charge in [-0.15, -0.1) is 0 Å². The molecule has 0 aliphatic heterocycles. The molecule has 0 saturated heterocycles. The van der Waals surface area contributed by atoms with Gasteiger partial charge in [0, 0.05) is 24.6 Å². The monoisotopic (exact) mass is 242 g/mol. The van der Waals surface area contributed by atoms with E-state index in [2.05, 4.69) is 20.3 Å². The molecular weight excluding hydrogens is 228 g/mol. The molecule has 0 aliphatic rings. The molecule has 0 aromatic carbocycles. The smallest absolute Gasteiger partial charge is 0.271 e. The van der Waals surface area contributed by atoms with Gasteiger partial charge >= 0.3 is 0 Å². The van der Waals surface area contributed by atoms with Crippen molar-refractivity contribution in [3.8, 4) is 0 Å². The van der Waals surface area contributed by atoms with Crippen molar-refractivity contribution in [2.45, 2.75) is 20.4 Å². The van der Waals surface area contributed by atoms with Gasteiger partial charge in [0.05, 0.1) is 11.9 Å². The zero-order chi connectivity index (χ0) is 13.0. The van der Waals surface area contributed by atoms with E-state index in [1.165, 1.54) is 6.20 Å². The van der Waals surface area contributed by atoms with Crippen molar-refractivity contribution in [1.29, 1.82) is 0 Å². The molecule has 0 fully saturated rings. The van der Waals surface area contributed by atoms with Gasteiger partial charge in [-0.1, -0.05) is 6.07 Å². The summed E-state index contributed by atoms with van der Waals surface area (Å²) in [5.41, 5.74) is 3.01. The normalized spacial score (nSPS) is 10.1. The Hall–Kier alpha value is -2.30. The molecule has 0 bridgehead atoms. The molecule has 2 rings (SSSR count). The van der Waals surface area contributed by atoms with Gasteiger partial charge in [0.25, 0.3) is 5.91 Å². The maximum absolute atomic E-state index is 11.8. The quantitative estimate of drug-likeness (QED) is 0.883. The summed E-state index contributed by atoms with van der Waals surface area (Å²) >= 11 is 0. The van der Waals surface area contributed by atoms with Crippen LogP contribution in [0.3, 0.4) is 0 Å². The number of rotatable bonds is 3. The molecule has 0 radical (unpaired) electrons. The molecule has 1 N–H and O–H groups in total. The number of pyridine rings is 1. The Morgan fingerprint density at radius 1 is 1.06 bits per heavy atom. The molecule has 92 valence electrons. The molecular formula is C13H14N4O. The predicted molar refractivity (Wildman–Crippen MR) is 66.9 cm³/mol. The molecule has 2 aromatic rings. The van der Waals surface area contributed by atoms with Crippen molar-refractivity contribution in [2.75, 3.05) is 0 Å². The van der Waals surface area contributed by atoms with Crippen LogP contribution >= 0.6 is 0 Å². The van der Waals surface area contributed by atoms with Gasteiger partial charge in [0.15, 0.2) is 0 Å². The summed E-state index contributed by atoms with van der Waals surface area (Å²) in [4.78, 5) is 24.0. The van der Waals surface area contributed by atoms with Crippen LogP contribution in [0.4, 0.5) is 0 Å². The van der Waals surface area contributed by atoms with E-state index in [1.807, 2.05) is 26.0 Å². The Balaban J connectivity index is 1.96. The summed E-state index contributed by atoms with van der Waals surface area (Å²) in [5, 5.41) is 2.77. The lowest BCUT2D eigenvalue weighted by Gasteiger charge is -2.04. The number of hydrogen-bond donors (Lipinski definition) is 1. The molecule has 2 heterocycles. The van der Waals surface area contributed by atoms with Gasteiger partial charge in [0.2, 0.25) is 0 Å². The van der Waals surface area contributed by atoms with Crippen LogP contribution in [0.25, 0.3) is 0 Å². The minimum Gasteiger partial charge on any atom is -0.347 e. The van der Waals surface area contributed by atoms with Crippen LogP contribution < -0.4 is 5.32 Å². The Kier molecular flexibility index (Phi) is 3.62. The first-order valence-corrected chi connectivity index (χ1v) is 5.63. The van der Waals surface area contributed by atoms with Crippen LogP contribution in [0.5, 0.6) is 0 Å². The van der Waals surface area contributed by atoms with E-state index < -0.39 is 0 Å². The van der Waals surface area contributed by atoms with Crippen LogP contribution in [0.15, 0.2) is 30.7 Å². The topological polar surface area (TPSA) is 67.8 Å². The van der Waals surface area contributed by atoms with E-state index >= 15 is 0 Å². The third-order valence-corrected chi connectivity index (χ3v) is 2.44. The lowest BCUT2D eigenvalue weighted by molar-refractivity contribution is 0.0945. The third-order valence-electron chi connectivity index (χ3n) is 2.44. The van der Waals surface area contributed by atoms with Gasteiger partial charge in [-0.3, -0.25) is 14.8 Å². The Labute approximate surface area is 105 Å². The Morgan fingerprint density at radius 2 is 1.83 bits per heavy atom. The highest BCUT2D eigenvalue weighted by Gasteiger charge is 2.06. The average Bonchev–Trinajstić information content (AvgIpc) is 2.38. The molecule has 2 aromatic heterocycles. The first-order valence-electron chi connectivity index (χ1n) is 5.63. The van der Waals surface area contributed by atoms with E-state index in [-0.39, 0.29) is 5.91 Å². The lowest BCUT2D eigenvalue weighted by Crippen LogP contribution is -2.24. The number of aromatic nitrogens is 3. The maximum Gasteiger partial charge on any atom is 0.271 e. The molecule has 0 aliphatic carbocycles. The summed E-state index contributed by atoms with van der Waals surface area (Å²) in [6.07, 6.45) is 4.79. The molecule has 0 spiro atoms. The van der Waals surface area contributed by atoms with Crippen LogP contribution in [0.1, 0.15) is 27.4 Å². The number of nitrogens with zero attached hydrogens (tertiary/aromatic N) is 3. The number of amides is 1. The van der Waals surface area contributed by atoms with E-state index in [4.69, 9.17) is 0 Å². The fourth-order valence-electron chi connectivity index (χ4n) is 1.39. The zero-order valence-corrected chi connectivity index (χ0v) is 10.3. The second kappa shape index (κ2) is 5.35. The molecule has 1 amide bonds. The largest absolute Gasteiger partial charge is 0.347 e. The highest BCUT2D eigenvalue weighted by molar-refractivity contribution is 5.91. The number of nitrogens with one attached hydrogen (secondary N) is 1. The number of aryl methyl sites for hydroxylation is 2. The average molecular weight is 242 g/mol. The first kappa shape index (κ1) is 12.2. The summed E-state index contributed by atoms with van der Waals surface area (Å²) < 4.78 is 0. The van der Waals surface area contributed by atoms with Crippen molar-refractivity contribution in [2.24, 2.45) is 0 Å². The van der Waals surface area contributed by atoms with Crippen LogP contribution in [0, 0.1) is 13.8 Å². The molecule has 0 unspecified atom stereocenters. The van der Waals surface area contributed by atoms with Crippen LogP contribution in [-0.2, 0) is 6.54 Å². The van der Waals surface area contributed by atoms with Gasteiger partial charge in [-0.05, 0) is 25.5 Å². The van der Waals surface area contributed by atoms with Gasteiger partial charge in [-0.25, -0.2) is 4.98 Å². The maximum atomic E-state index is 11.8. The minimum absolute atomic E-state index is 0.233. The molecule has 0 atom stereocenters. The number of carbonyl (C=O) groups excluding carboxylic acids is 1. The van der Waals surface area contributed by atoms with Crippen molar-refractivity contribution >= 4 is 5.91 Å². The summed E-state index contributed by atoms with van der Waals surface area (Å²) in [6, 6.07) is 3.84. The van der Waals surface area contributed by atoms with E-state index in [0.29, 0.717) is 12.2 Å². The third kappa shape index (κ3) is 3.10. The fraction of sp³-hybridized carbons (Fsp3) is 0.231. The number of hydrogen-bond acceptors (Lipinski definition) is 4. The standard InChI is InChI=1S/C13H14N4O/c1-9-3-4-11(6-14-9)7-17-13(18)12-8-15-10(2)5-16-12/h3-6,8H,7H2,1-2H3,(H,17,18). The Bertz CT molecular complexity index is 534. The van der Waals surface area contributed by atoms with Gasteiger partial charge in [0.1, 0.15) is 5.69 Å². The van der Waals surface area contributed by atoms with Crippen molar-refractivity contribution < 1.29 is 4.79 Å². The number of carbonyl (C=O) groups is 1. The summed E-state index contributed by atoms with van der Waals surface area (Å²) in [7, 11) is 0. The van der Waals surface area contributed by atoms with Crippen molar-refractivity contribution in [3.05, 3.63) is 53.4 Å². The molecule has 18 heavy (non-hydrogen) atoms. The van der Waals surface area contributed by atoms with E-state index in [9.17, 15) is 4.79 Å². The highest BCUT2D eigenvalue weighted by atomic mass is 16.1. The molecule has 5 nitrogen and oxygen atoms in total. The van der Waals surface area contributed by atoms with Crippen LogP contribution in [0.2, 0.25) is 0 Å². The summed E-state index contributed by atoms with van der Waals surface area (Å²) in [5.74, 6) is -0.233. The molecule has 0 saturated carbocycles. The zero-order valence-electron chi connectivity index (χ0n) is 10.3. The Morgan fingerprint density at radius 3 is 2.44 bits per heavy atom. The second-order valence-corrected chi connectivity index (χ2v) is 4.03. The highest BCUT2D eigenvalue weighted by Crippen LogP contribution is 2.00. The molecule has 5 heteroatoms. The van der Waals surface area contributed by atoms with E-state index in [0.717, 1.165) is 17.0 Å². The predicted octanol–water partition coefficient (Wildman–Crippen LogP) is 1.42. The summed E-state index contributed by atoms with van der Waals surface area (Å²) in [6.45, 7) is 4.18. The minimum atomic E-state index is -0.233. The van der Waals surface area contributed by atoms with E-state index in [1.54, 1.807) is 12.4 Å². The van der Waals surface area contributed by atoms with Crippen molar-refractivity contribution in [3.63, 3.8) is 0 Å². The van der Waals surface area contributed by atoms with Gasteiger partial charge in [-0.2, -0.15) is 0 Å². The first-order chi connectivity index (χ1) is 8.65. The van der Waals surface area contributed by atoms with Crippen LogP contribution in [-0.4, -0.2) is 20.9 Å². The van der Waals surface area contributed by atoms with Gasteiger partial charge < -0.3 is 5.32 Å². The second-order valence-electron chi connectivity index (χ2n) is 4.03. The van der Waals surface area contributed by atoms with Crippen molar-refractivity contribution in [1.82, 2.24) is 20.3 Å². The SMILES string of the molecule is Cc1ccc(CNC(=O)c2cnc(C)cn2)cn1. The lowest BCUT2D eigenvalue weighted by atomic mass is 10.2.